The molecule has 0 aliphatic carbocycles. The summed E-state index contributed by atoms with van der Waals surface area (Å²) in [4.78, 5) is 17.2. The fourth-order valence-corrected chi connectivity index (χ4v) is 2.62. The van der Waals surface area contributed by atoms with Crippen molar-refractivity contribution in [3.05, 3.63) is 39.8 Å². The van der Waals surface area contributed by atoms with Crippen molar-refractivity contribution in [2.24, 2.45) is 0 Å². The van der Waals surface area contributed by atoms with Gasteiger partial charge in [0.25, 0.3) is 0 Å². The van der Waals surface area contributed by atoms with Crippen LogP contribution in [0.3, 0.4) is 0 Å². The highest BCUT2D eigenvalue weighted by Crippen LogP contribution is 2.25. The Morgan fingerprint density at radius 2 is 2.18 bits per heavy atom. The summed E-state index contributed by atoms with van der Waals surface area (Å²) in [5, 5.41) is 6.65. The van der Waals surface area contributed by atoms with Crippen LogP contribution in [0.2, 0.25) is 0 Å². The third kappa shape index (κ3) is 4.73. The van der Waals surface area contributed by atoms with Crippen molar-refractivity contribution in [1.82, 2.24) is 10.3 Å². The van der Waals surface area contributed by atoms with Gasteiger partial charge < -0.3 is 15.4 Å². The number of hydrogen-bond donors (Lipinski definition) is 2. The lowest BCUT2D eigenvalue weighted by Crippen LogP contribution is -2.28. The molecule has 2 amide bonds. The van der Waals surface area contributed by atoms with Gasteiger partial charge in [0.05, 0.1) is 23.8 Å². The van der Waals surface area contributed by atoms with E-state index < -0.39 is 0 Å². The van der Waals surface area contributed by atoms with Gasteiger partial charge in [0, 0.05) is 11.1 Å². The second kappa shape index (κ2) is 7.79. The Hall–Kier alpha value is -2.08. The van der Waals surface area contributed by atoms with Crippen molar-refractivity contribution in [3.63, 3.8) is 0 Å². The summed E-state index contributed by atoms with van der Waals surface area (Å²) in [5.74, 6) is 0.700. The maximum absolute atomic E-state index is 12.0. The predicted molar refractivity (Wildman–Crippen MR) is 89.7 cm³/mol. The van der Waals surface area contributed by atoms with Crippen molar-refractivity contribution in [2.45, 2.75) is 33.7 Å². The van der Waals surface area contributed by atoms with E-state index in [9.17, 15) is 4.79 Å². The quantitative estimate of drug-likeness (QED) is 0.849. The number of carbonyl (C=O) groups is 1. The van der Waals surface area contributed by atoms with Crippen LogP contribution in [-0.2, 0) is 6.54 Å². The summed E-state index contributed by atoms with van der Waals surface area (Å²) in [6.07, 6.45) is 2.70. The van der Waals surface area contributed by atoms with Gasteiger partial charge in [-0.1, -0.05) is 13.0 Å². The van der Waals surface area contributed by atoms with Crippen LogP contribution in [0.25, 0.3) is 0 Å². The van der Waals surface area contributed by atoms with Crippen molar-refractivity contribution in [3.8, 4) is 5.75 Å². The van der Waals surface area contributed by atoms with E-state index in [2.05, 4.69) is 15.6 Å². The lowest BCUT2D eigenvalue weighted by Gasteiger charge is -2.13. The summed E-state index contributed by atoms with van der Waals surface area (Å²) in [6.45, 7) is 7.08. The van der Waals surface area contributed by atoms with Crippen LogP contribution in [0.1, 0.15) is 28.8 Å². The van der Waals surface area contributed by atoms with Crippen molar-refractivity contribution >= 4 is 23.1 Å². The predicted octanol–water partition coefficient (Wildman–Crippen LogP) is 3.87. The molecule has 0 aliphatic rings. The zero-order chi connectivity index (χ0) is 15.9. The fraction of sp³-hybridized carbons (Fsp3) is 0.375. The summed E-state index contributed by atoms with van der Waals surface area (Å²) < 4.78 is 5.68. The molecule has 0 bridgehead atoms. The number of anilines is 1. The fourth-order valence-electron chi connectivity index (χ4n) is 1.89. The molecule has 0 fully saturated rings. The molecule has 0 spiro atoms. The van der Waals surface area contributed by atoms with Crippen LogP contribution in [0.5, 0.6) is 5.75 Å². The van der Waals surface area contributed by atoms with Gasteiger partial charge in [-0.05, 0) is 38.0 Å². The van der Waals surface area contributed by atoms with Gasteiger partial charge in [0.1, 0.15) is 5.75 Å². The molecule has 0 radical (unpaired) electrons. The minimum atomic E-state index is -0.253. The largest absolute Gasteiger partial charge is 0.491 e. The van der Waals surface area contributed by atoms with Crippen LogP contribution in [0.15, 0.2) is 24.4 Å². The minimum absolute atomic E-state index is 0.253. The number of nitrogens with one attached hydrogen (secondary N) is 2. The molecule has 22 heavy (non-hydrogen) atoms. The van der Waals surface area contributed by atoms with E-state index in [1.165, 1.54) is 0 Å². The number of carbonyl (C=O) groups excluding carboxylic acids is 1. The van der Waals surface area contributed by atoms with Crippen molar-refractivity contribution in [1.29, 1.82) is 0 Å². The molecule has 0 saturated heterocycles. The molecule has 1 heterocycles. The first-order valence-electron chi connectivity index (χ1n) is 7.28. The molecule has 5 nitrogen and oxygen atoms in total. The van der Waals surface area contributed by atoms with Gasteiger partial charge in [-0.15, -0.1) is 11.3 Å². The molecule has 118 valence electrons. The number of hydrogen-bond acceptors (Lipinski definition) is 4. The first kappa shape index (κ1) is 16.3. The first-order chi connectivity index (χ1) is 10.6. The molecule has 2 N–H and O–H groups in total. The third-order valence-corrected chi connectivity index (χ3v) is 3.85. The zero-order valence-electron chi connectivity index (χ0n) is 13.1. The van der Waals surface area contributed by atoms with E-state index in [0.29, 0.717) is 24.6 Å². The number of amides is 2. The van der Waals surface area contributed by atoms with Crippen LogP contribution in [-0.4, -0.2) is 17.6 Å². The van der Waals surface area contributed by atoms with Gasteiger partial charge in [-0.2, -0.15) is 0 Å². The maximum atomic E-state index is 12.0. The normalized spacial score (nSPS) is 10.3. The summed E-state index contributed by atoms with van der Waals surface area (Å²) in [6, 6.07) is 5.48. The zero-order valence-corrected chi connectivity index (χ0v) is 13.9. The van der Waals surface area contributed by atoms with Crippen LogP contribution < -0.4 is 15.4 Å². The van der Waals surface area contributed by atoms with Gasteiger partial charge in [-0.25, -0.2) is 9.78 Å². The monoisotopic (exact) mass is 319 g/mol. The van der Waals surface area contributed by atoms with Crippen molar-refractivity contribution < 1.29 is 9.53 Å². The second-order valence-electron chi connectivity index (χ2n) is 5.00. The molecular formula is C16H21N3O2S. The van der Waals surface area contributed by atoms with Crippen LogP contribution in [0, 0.1) is 13.8 Å². The van der Waals surface area contributed by atoms with Gasteiger partial charge in [0.15, 0.2) is 0 Å². The van der Waals surface area contributed by atoms with E-state index >= 15 is 0 Å². The lowest BCUT2D eigenvalue weighted by atomic mass is 10.2. The van der Waals surface area contributed by atoms with E-state index in [1.54, 1.807) is 17.5 Å². The molecule has 2 aromatic rings. The SMILES string of the molecule is CCCOc1cc(C)ccc1NC(=O)NCc1cnc(C)s1. The summed E-state index contributed by atoms with van der Waals surface area (Å²) >= 11 is 1.57. The Labute approximate surface area is 134 Å². The van der Waals surface area contributed by atoms with Crippen LogP contribution in [0.4, 0.5) is 10.5 Å². The topological polar surface area (TPSA) is 63.2 Å². The Morgan fingerprint density at radius 1 is 1.36 bits per heavy atom. The average molecular weight is 319 g/mol. The Bertz CT molecular complexity index is 640. The van der Waals surface area contributed by atoms with E-state index in [1.807, 2.05) is 39.0 Å². The second-order valence-corrected chi connectivity index (χ2v) is 6.32. The number of aromatic nitrogens is 1. The number of urea groups is 1. The maximum Gasteiger partial charge on any atom is 0.319 e. The number of nitrogens with zero attached hydrogens (tertiary/aromatic N) is 1. The Morgan fingerprint density at radius 3 is 2.86 bits per heavy atom. The molecule has 1 aromatic heterocycles. The van der Waals surface area contributed by atoms with Gasteiger partial charge in [0.2, 0.25) is 0 Å². The standard InChI is InChI=1S/C16H21N3O2S/c1-4-7-21-15-8-11(2)5-6-14(15)19-16(20)18-10-13-9-17-12(3)22-13/h5-6,8-9H,4,7,10H2,1-3H3,(H2,18,19,20). The van der Waals surface area contributed by atoms with Gasteiger partial charge in [-0.3, -0.25) is 0 Å². The molecule has 6 heteroatoms. The number of aryl methyl sites for hydroxylation is 2. The first-order valence-corrected chi connectivity index (χ1v) is 8.09. The number of rotatable bonds is 6. The Balaban J connectivity index is 1.95. The number of ether oxygens (including phenoxy) is 1. The molecule has 1 aromatic carbocycles. The van der Waals surface area contributed by atoms with E-state index in [-0.39, 0.29) is 6.03 Å². The lowest BCUT2D eigenvalue weighted by molar-refractivity contribution is 0.251. The molecule has 0 atom stereocenters. The molecule has 2 rings (SSSR count). The number of benzene rings is 1. The van der Waals surface area contributed by atoms with Crippen LogP contribution >= 0.6 is 11.3 Å². The third-order valence-electron chi connectivity index (χ3n) is 2.94. The molecule has 0 saturated carbocycles. The van der Waals surface area contributed by atoms with E-state index in [0.717, 1.165) is 21.9 Å². The summed E-state index contributed by atoms with van der Waals surface area (Å²) in [7, 11) is 0. The van der Waals surface area contributed by atoms with Crippen molar-refractivity contribution in [2.75, 3.05) is 11.9 Å². The molecular weight excluding hydrogens is 298 g/mol. The highest BCUT2D eigenvalue weighted by Gasteiger charge is 2.08. The highest BCUT2D eigenvalue weighted by molar-refractivity contribution is 7.11. The average Bonchev–Trinajstić information content (AvgIpc) is 2.91. The smallest absolute Gasteiger partial charge is 0.319 e. The molecule has 0 unspecified atom stereocenters. The highest BCUT2D eigenvalue weighted by atomic mass is 32.1. The summed E-state index contributed by atoms with van der Waals surface area (Å²) in [5.41, 5.74) is 1.77. The Kier molecular flexibility index (Phi) is 5.77. The van der Waals surface area contributed by atoms with E-state index in [4.69, 9.17) is 4.74 Å². The number of thiazole rings is 1. The van der Waals surface area contributed by atoms with Gasteiger partial charge >= 0.3 is 6.03 Å². The molecule has 0 aliphatic heterocycles. The minimum Gasteiger partial charge on any atom is -0.491 e.